The molecular weight excluding hydrogens is 402 g/mol. The molecule has 2 aromatic heterocycles. The van der Waals surface area contributed by atoms with Gasteiger partial charge in [-0.05, 0) is 36.4 Å². The number of halogens is 1. The topological polar surface area (TPSA) is 64.0 Å². The van der Waals surface area contributed by atoms with Gasteiger partial charge in [-0.3, -0.25) is 14.2 Å². The van der Waals surface area contributed by atoms with Gasteiger partial charge >= 0.3 is 0 Å². The van der Waals surface area contributed by atoms with E-state index in [1.165, 1.54) is 23.1 Å². The van der Waals surface area contributed by atoms with E-state index in [2.05, 4.69) is 10.3 Å². The number of thioether (sulfide) groups is 1. The van der Waals surface area contributed by atoms with Crippen LogP contribution in [0.3, 0.4) is 0 Å². The van der Waals surface area contributed by atoms with Crippen molar-refractivity contribution in [3.05, 3.63) is 56.7 Å². The van der Waals surface area contributed by atoms with Crippen LogP contribution in [0.25, 0.3) is 10.2 Å². The Bertz CT molecular complexity index is 1020. The van der Waals surface area contributed by atoms with Gasteiger partial charge in [-0.2, -0.15) is 0 Å². The predicted molar refractivity (Wildman–Crippen MR) is 113 cm³/mol. The van der Waals surface area contributed by atoms with E-state index < -0.39 is 0 Å². The van der Waals surface area contributed by atoms with Gasteiger partial charge in [0.25, 0.3) is 5.56 Å². The average Bonchev–Trinajstić information content (AvgIpc) is 3.12. The Labute approximate surface area is 170 Å². The largest absolute Gasteiger partial charge is 0.353 e. The number of nitrogens with zero attached hydrogens (tertiary/aromatic N) is 2. The Morgan fingerprint density at radius 3 is 2.89 bits per heavy atom. The second-order valence-corrected chi connectivity index (χ2v) is 8.44. The molecule has 0 radical (unpaired) electrons. The second kappa shape index (κ2) is 8.91. The summed E-state index contributed by atoms with van der Waals surface area (Å²) in [6, 6.07) is 9.36. The van der Waals surface area contributed by atoms with Gasteiger partial charge < -0.3 is 5.32 Å². The van der Waals surface area contributed by atoms with E-state index >= 15 is 0 Å². The predicted octanol–water partition coefficient (Wildman–Crippen LogP) is 4.17. The summed E-state index contributed by atoms with van der Waals surface area (Å²) in [6.07, 6.45) is 0.868. The maximum Gasteiger partial charge on any atom is 0.272 e. The Kier molecular flexibility index (Phi) is 6.57. The fourth-order valence-electron chi connectivity index (χ4n) is 2.52. The average molecular weight is 422 g/mol. The van der Waals surface area contributed by atoms with Crippen molar-refractivity contribution in [1.29, 1.82) is 0 Å². The second-order valence-electron chi connectivity index (χ2n) is 6.18. The normalized spacial score (nSPS) is 12.3. The van der Waals surface area contributed by atoms with Crippen LogP contribution in [-0.2, 0) is 11.3 Å². The van der Waals surface area contributed by atoms with Crippen molar-refractivity contribution in [1.82, 2.24) is 14.9 Å². The Balaban J connectivity index is 1.92. The number of rotatable bonds is 7. The van der Waals surface area contributed by atoms with Crippen molar-refractivity contribution in [3.63, 3.8) is 0 Å². The van der Waals surface area contributed by atoms with Gasteiger partial charge in [-0.25, -0.2) is 4.98 Å². The molecular formula is C19H20ClN3O2S2. The van der Waals surface area contributed by atoms with Crippen LogP contribution in [0.5, 0.6) is 0 Å². The fourth-order valence-corrected chi connectivity index (χ4v) is 4.30. The minimum atomic E-state index is -0.111. The molecule has 8 heteroatoms. The molecule has 0 unspecified atom stereocenters. The molecule has 0 aliphatic rings. The molecule has 142 valence electrons. The van der Waals surface area contributed by atoms with Crippen LogP contribution >= 0.6 is 34.7 Å². The molecule has 0 saturated heterocycles. The first kappa shape index (κ1) is 19.9. The van der Waals surface area contributed by atoms with Gasteiger partial charge in [-0.15, -0.1) is 11.3 Å². The van der Waals surface area contributed by atoms with E-state index in [-0.39, 0.29) is 23.3 Å². The summed E-state index contributed by atoms with van der Waals surface area (Å²) < 4.78 is 2.21. The van der Waals surface area contributed by atoms with Gasteiger partial charge in [0.2, 0.25) is 5.91 Å². The van der Waals surface area contributed by atoms with E-state index in [0.29, 0.717) is 26.9 Å². The number of hydrogen-bond acceptors (Lipinski definition) is 5. The van der Waals surface area contributed by atoms with Crippen molar-refractivity contribution < 1.29 is 4.79 Å². The molecule has 0 spiro atoms. The third-order valence-electron chi connectivity index (χ3n) is 4.17. The molecule has 0 bridgehead atoms. The van der Waals surface area contributed by atoms with E-state index in [1.807, 2.05) is 43.5 Å². The molecule has 0 aliphatic carbocycles. The Morgan fingerprint density at radius 2 is 2.15 bits per heavy atom. The van der Waals surface area contributed by atoms with Crippen LogP contribution in [0.15, 0.2) is 45.7 Å². The van der Waals surface area contributed by atoms with Crippen LogP contribution < -0.4 is 10.9 Å². The lowest BCUT2D eigenvalue weighted by molar-refractivity contribution is -0.119. The number of benzene rings is 1. The molecule has 1 atom stereocenters. The first-order valence-corrected chi connectivity index (χ1v) is 10.9. The molecule has 0 aliphatic heterocycles. The summed E-state index contributed by atoms with van der Waals surface area (Å²) in [7, 11) is 0. The van der Waals surface area contributed by atoms with E-state index in [0.717, 1.165) is 12.0 Å². The number of hydrogen-bond donors (Lipinski definition) is 1. The third-order valence-corrected chi connectivity index (χ3v) is 6.41. The van der Waals surface area contributed by atoms with Gasteiger partial charge in [0.15, 0.2) is 5.16 Å². The molecule has 1 N–H and O–H groups in total. The molecule has 2 heterocycles. The zero-order chi connectivity index (χ0) is 19.4. The summed E-state index contributed by atoms with van der Waals surface area (Å²) >= 11 is 8.91. The fraction of sp³-hybridized carbons (Fsp3) is 0.316. The van der Waals surface area contributed by atoms with Crippen LogP contribution in [0.4, 0.5) is 0 Å². The molecule has 27 heavy (non-hydrogen) atoms. The van der Waals surface area contributed by atoms with Crippen LogP contribution in [0, 0.1) is 0 Å². The maximum absolute atomic E-state index is 13.0. The number of fused-ring (bicyclic) bond motifs is 1. The third kappa shape index (κ3) is 4.72. The molecule has 0 saturated carbocycles. The van der Waals surface area contributed by atoms with Crippen molar-refractivity contribution >= 4 is 50.8 Å². The minimum Gasteiger partial charge on any atom is -0.353 e. The Morgan fingerprint density at radius 1 is 1.37 bits per heavy atom. The molecule has 1 aromatic carbocycles. The van der Waals surface area contributed by atoms with Crippen molar-refractivity contribution in [2.75, 3.05) is 5.75 Å². The number of carbonyl (C=O) groups is 1. The summed E-state index contributed by atoms with van der Waals surface area (Å²) in [6.45, 7) is 4.30. The molecule has 0 fully saturated rings. The number of nitrogens with one attached hydrogen (secondary N) is 1. The van der Waals surface area contributed by atoms with Crippen molar-refractivity contribution in [2.24, 2.45) is 0 Å². The van der Waals surface area contributed by atoms with Crippen LogP contribution in [0.2, 0.25) is 5.02 Å². The monoisotopic (exact) mass is 421 g/mol. The van der Waals surface area contributed by atoms with Crippen LogP contribution in [0.1, 0.15) is 25.8 Å². The lowest BCUT2D eigenvalue weighted by Crippen LogP contribution is -2.33. The quantitative estimate of drug-likeness (QED) is 0.459. The first-order chi connectivity index (χ1) is 13.0. The lowest BCUT2D eigenvalue weighted by Gasteiger charge is -2.14. The number of amides is 1. The molecule has 3 rings (SSSR count). The molecule has 3 aromatic rings. The minimum absolute atomic E-state index is 0.0710. The maximum atomic E-state index is 13.0. The smallest absolute Gasteiger partial charge is 0.272 e. The van der Waals surface area contributed by atoms with Gasteiger partial charge in [0.1, 0.15) is 4.70 Å². The summed E-state index contributed by atoms with van der Waals surface area (Å²) in [5, 5.41) is 5.90. The molecule has 1 amide bonds. The van der Waals surface area contributed by atoms with E-state index in [9.17, 15) is 9.59 Å². The highest BCUT2D eigenvalue weighted by Gasteiger charge is 2.16. The lowest BCUT2D eigenvalue weighted by atomic mass is 10.2. The zero-order valence-electron chi connectivity index (χ0n) is 15.1. The van der Waals surface area contributed by atoms with E-state index in [4.69, 9.17) is 11.6 Å². The zero-order valence-corrected chi connectivity index (χ0v) is 17.5. The first-order valence-electron chi connectivity index (χ1n) is 8.63. The Hall–Kier alpha value is -1.83. The summed E-state index contributed by atoms with van der Waals surface area (Å²) in [5.74, 6) is 0.132. The highest BCUT2D eigenvalue weighted by Crippen LogP contribution is 2.23. The summed E-state index contributed by atoms with van der Waals surface area (Å²) in [4.78, 5) is 29.7. The van der Waals surface area contributed by atoms with Gasteiger partial charge in [0, 0.05) is 11.1 Å². The highest BCUT2D eigenvalue weighted by atomic mass is 35.5. The van der Waals surface area contributed by atoms with E-state index in [1.54, 1.807) is 10.6 Å². The number of aromatic nitrogens is 2. The summed E-state index contributed by atoms with van der Waals surface area (Å²) in [5.41, 5.74) is 1.38. The number of carbonyl (C=O) groups excluding carboxylic acids is 1. The standard InChI is InChI=1S/C19H20ClN3O2S2/c1-3-12(2)21-16(24)11-27-19-22-15-8-9-26-17(15)18(25)23(19)10-13-6-4-5-7-14(13)20/h4-9,12H,3,10-11H2,1-2H3,(H,21,24)/t12-/m1/s1. The molecule has 5 nitrogen and oxygen atoms in total. The van der Waals surface area contributed by atoms with Gasteiger partial charge in [0.05, 0.1) is 17.8 Å². The van der Waals surface area contributed by atoms with Crippen molar-refractivity contribution in [3.8, 4) is 0 Å². The highest BCUT2D eigenvalue weighted by molar-refractivity contribution is 7.99. The van der Waals surface area contributed by atoms with Crippen LogP contribution in [-0.4, -0.2) is 27.3 Å². The number of thiophene rings is 1. The SMILES string of the molecule is CC[C@@H](C)NC(=O)CSc1nc2ccsc2c(=O)n1Cc1ccccc1Cl. The van der Waals surface area contributed by atoms with Gasteiger partial charge in [-0.1, -0.05) is 48.5 Å². The van der Waals surface area contributed by atoms with Crippen molar-refractivity contribution in [2.45, 2.75) is 38.0 Å².